The number of phosphoric acid groups is 1. The number of rotatable bonds is 7. The highest BCUT2D eigenvalue weighted by atomic mass is 31.2. The van der Waals surface area contributed by atoms with Crippen LogP contribution in [0.1, 0.15) is 12.5 Å². The Morgan fingerprint density at radius 3 is 2.45 bits per heavy atom. The highest BCUT2D eigenvalue weighted by molar-refractivity contribution is 7.46. The van der Waals surface area contributed by atoms with Gasteiger partial charge in [0.05, 0.1) is 24.9 Å². The van der Waals surface area contributed by atoms with Crippen LogP contribution in [0.5, 0.6) is 0 Å². The summed E-state index contributed by atoms with van der Waals surface area (Å²) in [5, 5.41) is 2.62. The van der Waals surface area contributed by atoms with Gasteiger partial charge in [0.2, 0.25) is 11.8 Å². The molecular formula is C20H23N4O8P. The van der Waals surface area contributed by atoms with Crippen LogP contribution in [0.25, 0.3) is 4.85 Å². The Morgan fingerprint density at radius 1 is 1.27 bits per heavy atom. The lowest BCUT2D eigenvalue weighted by Crippen LogP contribution is -2.36. The van der Waals surface area contributed by atoms with Crippen molar-refractivity contribution in [2.45, 2.75) is 18.6 Å². The van der Waals surface area contributed by atoms with E-state index >= 15 is 0 Å². The van der Waals surface area contributed by atoms with Gasteiger partial charge in [0, 0.05) is 31.3 Å². The van der Waals surface area contributed by atoms with E-state index in [1.54, 1.807) is 24.3 Å². The number of cyclic esters (lactones) is 1. The lowest BCUT2D eigenvalue weighted by Gasteiger charge is -2.21. The van der Waals surface area contributed by atoms with Gasteiger partial charge < -0.3 is 29.6 Å². The SMILES string of the molecule is [C-]#[N+]C1(c2ccc(N3C[C@H](CNC(C)=O)OC3=O)cc2)[C@@H]2CN(C(=O)COP(=O)(O)O)C[C@@H]21. The molecule has 3 amide bonds. The van der Waals surface area contributed by atoms with Crippen LogP contribution < -0.4 is 10.2 Å². The van der Waals surface area contributed by atoms with Crippen LogP contribution in [0.2, 0.25) is 0 Å². The summed E-state index contributed by atoms with van der Waals surface area (Å²) in [5.41, 5.74) is 0.641. The number of hydrogen-bond donors (Lipinski definition) is 3. The number of anilines is 1. The number of nitrogens with one attached hydrogen (secondary N) is 1. The second-order valence-electron chi connectivity index (χ2n) is 8.31. The van der Waals surface area contributed by atoms with Gasteiger partial charge in [0.25, 0.3) is 5.54 Å². The molecule has 0 spiro atoms. The molecule has 2 heterocycles. The minimum absolute atomic E-state index is 0.0846. The molecule has 3 N–H and O–H groups in total. The smallest absolute Gasteiger partial charge is 0.442 e. The molecule has 3 fully saturated rings. The Kier molecular flexibility index (Phi) is 5.92. The number of carbonyl (C=O) groups excluding carboxylic acids is 3. The van der Waals surface area contributed by atoms with E-state index in [-0.39, 0.29) is 24.3 Å². The number of phosphoric ester groups is 1. The number of fused-ring (bicyclic) bond motifs is 1. The lowest BCUT2D eigenvalue weighted by atomic mass is 9.99. The number of amides is 3. The van der Waals surface area contributed by atoms with Gasteiger partial charge in [-0.3, -0.25) is 19.0 Å². The molecule has 1 aromatic carbocycles. The Bertz CT molecular complexity index is 1050. The molecule has 0 radical (unpaired) electrons. The fourth-order valence-electron chi connectivity index (χ4n) is 4.70. The molecule has 176 valence electrons. The second kappa shape index (κ2) is 8.43. The molecule has 1 unspecified atom stereocenters. The summed E-state index contributed by atoms with van der Waals surface area (Å²) in [6.07, 6.45) is -0.954. The Balaban J connectivity index is 1.38. The van der Waals surface area contributed by atoms with Crippen LogP contribution in [-0.2, 0) is 29.0 Å². The quantitative estimate of drug-likeness (QED) is 0.378. The maximum atomic E-state index is 12.2. The van der Waals surface area contributed by atoms with Crippen LogP contribution in [0.15, 0.2) is 24.3 Å². The number of likely N-dealkylation sites (tertiary alicyclic amines) is 1. The van der Waals surface area contributed by atoms with Gasteiger partial charge in [-0.15, -0.1) is 0 Å². The van der Waals surface area contributed by atoms with Crippen LogP contribution in [0.4, 0.5) is 10.5 Å². The van der Waals surface area contributed by atoms with Crippen molar-refractivity contribution < 1.29 is 38.0 Å². The fraction of sp³-hybridized carbons (Fsp3) is 0.500. The molecule has 4 atom stereocenters. The van der Waals surface area contributed by atoms with Gasteiger partial charge in [-0.1, -0.05) is 0 Å². The molecule has 1 saturated carbocycles. The third kappa shape index (κ3) is 4.45. The number of piperidine rings is 1. The van der Waals surface area contributed by atoms with Crippen LogP contribution >= 0.6 is 7.82 Å². The average molecular weight is 478 g/mol. The van der Waals surface area contributed by atoms with E-state index in [1.807, 2.05) is 0 Å². The van der Waals surface area contributed by atoms with E-state index in [0.29, 0.717) is 25.3 Å². The molecule has 0 bridgehead atoms. The van der Waals surface area contributed by atoms with Gasteiger partial charge >= 0.3 is 13.9 Å². The van der Waals surface area contributed by atoms with Gasteiger partial charge in [0.15, 0.2) is 0 Å². The van der Waals surface area contributed by atoms with E-state index in [1.165, 1.54) is 16.7 Å². The van der Waals surface area contributed by atoms with Gasteiger partial charge in [0.1, 0.15) is 12.7 Å². The minimum Gasteiger partial charge on any atom is -0.442 e. The first-order valence-corrected chi connectivity index (χ1v) is 11.8. The molecule has 2 aliphatic heterocycles. The zero-order valence-corrected chi connectivity index (χ0v) is 18.6. The molecular weight excluding hydrogens is 455 g/mol. The zero-order chi connectivity index (χ0) is 24.0. The summed E-state index contributed by atoms with van der Waals surface area (Å²) in [7, 11) is -4.73. The summed E-state index contributed by atoms with van der Waals surface area (Å²) < 4.78 is 20.3. The van der Waals surface area contributed by atoms with E-state index in [4.69, 9.17) is 21.1 Å². The molecule has 1 aliphatic carbocycles. The van der Waals surface area contributed by atoms with Crippen molar-refractivity contribution in [1.82, 2.24) is 10.2 Å². The number of nitrogens with zero attached hydrogens (tertiary/aromatic N) is 3. The van der Waals surface area contributed by atoms with E-state index in [9.17, 15) is 18.9 Å². The number of ether oxygens (including phenoxy) is 1. The van der Waals surface area contributed by atoms with Crippen molar-refractivity contribution in [1.29, 1.82) is 0 Å². The third-order valence-corrected chi connectivity index (χ3v) is 6.79. The maximum absolute atomic E-state index is 12.2. The highest BCUT2D eigenvalue weighted by Crippen LogP contribution is 2.64. The van der Waals surface area contributed by atoms with Crippen molar-refractivity contribution in [3.8, 4) is 0 Å². The summed E-state index contributed by atoms with van der Waals surface area (Å²) in [6, 6.07) is 7.08. The molecule has 12 nitrogen and oxygen atoms in total. The normalized spacial score (nSPS) is 28.2. The Morgan fingerprint density at radius 2 is 1.91 bits per heavy atom. The van der Waals surface area contributed by atoms with E-state index in [0.717, 1.165) is 5.56 Å². The van der Waals surface area contributed by atoms with Crippen LogP contribution in [-0.4, -0.2) is 71.5 Å². The summed E-state index contributed by atoms with van der Waals surface area (Å²) in [5.74, 6) is -0.902. The molecule has 2 saturated heterocycles. The molecule has 13 heteroatoms. The zero-order valence-electron chi connectivity index (χ0n) is 17.7. The van der Waals surface area contributed by atoms with E-state index in [2.05, 4.69) is 14.7 Å². The third-order valence-electron chi connectivity index (χ3n) is 6.33. The first-order chi connectivity index (χ1) is 15.5. The van der Waals surface area contributed by atoms with Crippen molar-refractivity contribution >= 4 is 31.4 Å². The Hall–Kier alpha value is -2.97. The largest absolute Gasteiger partial charge is 0.470 e. The van der Waals surface area contributed by atoms with Crippen molar-refractivity contribution in [2.75, 3.05) is 37.7 Å². The van der Waals surface area contributed by atoms with Crippen molar-refractivity contribution in [2.24, 2.45) is 11.8 Å². The predicted octanol–water partition coefficient (Wildman–Crippen LogP) is 0.460. The Labute approximate surface area is 189 Å². The van der Waals surface area contributed by atoms with Crippen LogP contribution in [0, 0.1) is 18.4 Å². The van der Waals surface area contributed by atoms with Crippen molar-refractivity contribution in [3.63, 3.8) is 0 Å². The summed E-state index contributed by atoms with van der Waals surface area (Å²) in [4.78, 5) is 59.7. The lowest BCUT2D eigenvalue weighted by molar-refractivity contribution is -0.133. The molecule has 3 aliphatic rings. The number of carbonyl (C=O) groups is 3. The molecule has 33 heavy (non-hydrogen) atoms. The van der Waals surface area contributed by atoms with E-state index < -0.39 is 38.1 Å². The molecule has 0 aromatic heterocycles. The summed E-state index contributed by atoms with van der Waals surface area (Å²) in [6.45, 7) is 9.59. The predicted molar refractivity (Wildman–Crippen MR) is 113 cm³/mol. The van der Waals surface area contributed by atoms with Gasteiger partial charge in [-0.25, -0.2) is 15.9 Å². The maximum Gasteiger partial charge on any atom is 0.470 e. The fourth-order valence-corrected chi connectivity index (χ4v) is 4.98. The number of benzene rings is 1. The second-order valence-corrected chi connectivity index (χ2v) is 9.55. The first-order valence-electron chi connectivity index (χ1n) is 10.2. The standard InChI is InChI=1S/C20H23N4O8P/c1-12(25)22-7-15-8-24(19(27)32-15)14-5-3-13(4-6-14)20(21-2)16-9-23(10-17(16)20)18(26)11-31-33(28,29)30/h3-6,15-17H,7-11H2,1H3,(H,22,25)(H2,28,29,30)/t15-,16-,17+,20?/m0/s1. The first kappa shape index (κ1) is 23.2. The van der Waals surface area contributed by atoms with Gasteiger partial charge in [-0.05, 0) is 24.3 Å². The van der Waals surface area contributed by atoms with Crippen molar-refractivity contribution in [3.05, 3.63) is 41.2 Å². The molecule has 1 aromatic rings. The topological polar surface area (TPSA) is 150 Å². The van der Waals surface area contributed by atoms with Crippen LogP contribution in [0.3, 0.4) is 0 Å². The average Bonchev–Trinajstić information content (AvgIpc) is 3.06. The van der Waals surface area contributed by atoms with Gasteiger partial charge in [-0.2, -0.15) is 0 Å². The monoisotopic (exact) mass is 478 g/mol. The highest BCUT2D eigenvalue weighted by Gasteiger charge is 2.77. The molecule has 4 rings (SSSR count). The number of hydrogen-bond acceptors (Lipinski definition) is 6. The minimum atomic E-state index is -4.73. The summed E-state index contributed by atoms with van der Waals surface area (Å²) >= 11 is 0.